The molecule has 4 aliphatic rings. The number of aryl methyl sites for hydroxylation is 2. The standard InChI is InChI=1S/C52H51BF3N3O2/c1-29-25-39-43-40(26-29)59(49(6,7)8)38-27-34-41(60-46-42(34)33-16-11-12-18-37(33)58(46)44-30(2)15-13-17-35(44)52(54,55)56)28-36(38)53(43)45-47(61-51(10)24-14-23-50(45,51)9)57(39)32-21-19-31(20-22-32)48(3,4)5/h11-13,15-22,25-28H,14,23-24H2,1-10H3. The van der Waals surface area contributed by atoms with Crippen molar-refractivity contribution in [2.45, 2.75) is 111 Å². The lowest BCUT2D eigenvalue weighted by Crippen LogP contribution is -2.61. The Bertz CT molecular complexity index is 3070. The molecule has 1 saturated carbocycles. The summed E-state index contributed by atoms with van der Waals surface area (Å²) in [5.74, 6) is 0.916. The Hall–Kier alpha value is -5.57. The zero-order valence-corrected chi connectivity index (χ0v) is 36.7. The quantitative estimate of drug-likeness (QED) is 0.163. The molecule has 310 valence electrons. The Balaban J connectivity index is 1.24. The van der Waals surface area contributed by atoms with Gasteiger partial charge < -0.3 is 14.1 Å². The zero-order valence-electron chi connectivity index (χ0n) is 36.7. The number of furan rings is 1. The van der Waals surface area contributed by atoms with Gasteiger partial charge in [-0.05, 0) is 148 Å². The van der Waals surface area contributed by atoms with E-state index in [-0.39, 0.29) is 28.8 Å². The lowest BCUT2D eigenvalue weighted by atomic mass is 9.29. The fourth-order valence-corrected chi connectivity index (χ4v) is 11.6. The molecule has 61 heavy (non-hydrogen) atoms. The Kier molecular flexibility index (Phi) is 7.60. The van der Waals surface area contributed by atoms with E-state index in [9.17, 15) is 13.2 Å². The molecule has 2 atom stereocenters. The average molecular weight is 818 g/mol. The first-order valence-corrected chi connectivity index (χ1v) is 21.7. The van der Waals surface area contributed by atoms with Gasteiger partial charge in [-0.3, -0.25) is 9.47 Å². The zero-order chi connectivity index (χ0) is 42.9. The molecular weight excluding hydrogens is 766 g/mol. The number of nitrogens with zero attached hydrogens (tertiary/aromatic N) is 3. The molecule has 0 bridgehead atoms. The highest BCUT2D eigenvalue weighted by Gasteiger charge is 2.64. The number of rotatable bonds is 2. The van der Waals surface area contributed by atoms with Crippen LogP contribution in [0.1, 0.15) is 96.9 Å². The van der Waals surface area contributed by atoms with Gasteiger partial charge in [0.15, 0.2) is 5.88 Å². The van der Waals surface area contributed by atoms with Crippen LogP contribution in [0.5, 0.6) is 0 Å². The van der Waals surface area contributed by atoms with Gasteiger partial charge in [-0.2, -0.15) is 13.2 Å². The minimum Gasteiger partial charge on any atom is -0.472 e. The van der Waals surface area contributed by atoms with Crippen LogP contribution in [0.2, 0.25) is 0 Å². The summed E-state index contributed by atoms with van der Waals surface area (Å²) in [5, 5.41) is 2.53. The van der Waals surface area contributed by atoms with Gasteiger partial charge in [-0.15, -0.1) is 0 Å². The van der Waals surface area contributed by atoms with Gasteiger partial charge in [-0.1, -0.05) is 70.2 Å². The first-order valence-electron chi connectivity index (χ1n) is 21.7. The molecule has 2 unspecified atom stereocenters. The third kappa shape index (κ3) is 5.09. The van der Waals surface area contributed by atoms with E-state index in [1.165, 1.54) is 28.6 Å². The van der Waals surface area contributed by atoms with Gasteiger partial charge in [0, 0.05) is 44.5 Å². The minimum absolute atomic E-state index is 0.00819. The number of ether oxygens (including phenoxy) is 1. The first kappa shape index (κ1) is 38.4. The molecule has 2 aromatic heterocycles. The number of halogens is 3. The third-order valence-corrected chi connectivity index (χ3v) is 14.6. The molecule has 1 aliphatic carbocycles. The summed E-state index contributed by atoms with van der Waals surface area (Å²) in [4.78, 5) is 4.88. The summed E-state index contributed by atoms with van der Waals surface area (Å²) in [6.45, 7) is 22.0. The Morgan fingerprint density at radius 2 is 1.48 bits per heavy atom. The van der Waals surface area contributed by atoms with Crippen molar-refractivity contribution in [2.75, 3.05) is 9.80 Å². The van der Waals surface area contributed by atoms with E-state index in [1.54, 1.807) is 17.6 Å². The lowest BCUT2D eigenvalue weighted by molar-refractivity contribution is -0.137. The van der Waals surface area contributed by atoms with Crippen LogP contribution in [-0.4, -0.2) is 22.4 Å². The predicted molar refractivity (Wildman–Crippen MR) is 244 cm³/mol. The topological polar surface area (TPSA) is 33.8 Å². The fraction of sp³-hybridized carbons (Fsp3) is 0.346. The molecule has 3 aliphatic heterocycles. The van der Waals surface area contributed by atoms with E-state index < -0.39 is 17.3 Å². The number of para-hydroxylation sites is 2. The number of hydrogen-bond acceptors (Lipinski definition) is 4. The van der Waals surface area contributed by atoms with Crippen molar-refractivity contribution in [1.82, 2.24) is 4.57 Å². The summed E-state index contributed by atoms with van der Waals surface area (Å²) in [6, 6.07) is 30.2. The molecule has 0 N–H and O–H groups in total. The number of alkyl halides is 3. The van der Waals surface area contributed by atoms with E-state index in [2.05, 4.69) is 121 Å². The monoisotopic (exact) mass is 817 g/mol. The van der Waals surface area contributed by atoms with E-state index in [0.29, 0.717) is 22.4 Å². The smallest absolute Gasteiger partial charge is 0.418 e. The van der Waals surface area contributed by atoms with Crippen LogP contribution in [0.3, 0.4) is 0 Å². The van der Waals surface area contributed by atoms with Crippen molar-refractivity contribution in [3.8, 4) is 5.69 Å². The van der Waals surface area contributed by atoms with Crippen LogP contribution in [0.15, 0.2) is 107 Å². The lowest BCUT2D eigenvalue weighted by Gasteiger charge is -2.49. The van der Waals surface area contributed by atoms with Gasteiger partial charge in [-0.25, -0.2) is 0 Å². The van der Waals surface area contributed by atoms with E-state index in [1.807, 2.05) is 24.3 Å². The van der Waals surface area contributed by atoms with Crippen LogP contribution < -0.4 is 20.7 Å². The second-order valence-electron chi connectivity index (χ2n) is 20.5. The second kappa shape index (κ2) is 12.1. The molecule has 5 aromatic carbocycles. The van der Waals surface area contributed by atoms with Crippen molar-refractivity contribution in [3.63, 3.8) is 0 Å². The Morgan fingerprint density at radius 3 is 2.18 bits per heavy atom. The minimum atomic E-state index is -4.57. The molecule has 7 aromatic rings. The van der Waals surface area contributed by atoms with Gasteiger partial charge in [0.05, 0.1) is 22.2 Å². The van der Waals surface area contributed by atoms with Crippen molar-refractivity contribution in [2.24, 2.45) is 5.41 Å². The van der Waals surface area contributed by atoms with Crippen molar-refractivity contribution in [1.29, 1.82) is 0 Å². The number of anilines is 4. The molecule has 5 heterocycles. The van der Waals surface area contributed by atoms with Gasteiger partial charge >= 0.3 is 6.18 Å². The van der Waals surface area contributed by atoms with Crippen LogP contribution in [0.4, 0.5) is 35.9 Å². The normalized spacial score (nSPS) is 21.1. The maximum atomic E-state index is 14.9. The second-order valence-corrected chi connectivity index (χ2v) is 20.5. The summed E-state index contributed by atoms with van der Waals surface area (Å²) in [7, 11) is 0. The summed E-state index contributed by atoms with van der Waals surface area (Å²) >= 11 is 0. The Morgan fingerprint density at radius 1 is 0.754 bits per heavy atom. The molecule has 0 radical (unpaired) electrons. The number of hydrogen-bond donors (Lipinski definition) is 0. The predicted octanol–water partition coefficient (Wildman–Crippen LogP) is 13.2. The highest BCUT2D eigenvalue weighted by Crippen LogP contribution is 2.63. The van der Waals surface area contributed by atoms with Gasteiger partial charge in [0.2, 0.25) is 5.71 Å². The molecule has 11 rings (SSSR count). The molecular formula is C52H51BF3N3O2. The van der Waals surface area contributed by atoms with E-state index in [0.717, 1.165) is 75.1 Å². The molecule has 0 saturated heterocycles. The molecule has 9 heteroatoms. The highest BCUT2D eigenvalue weighted by molar-refractivity contribution is 6.95. The molecule has 1 fully saturated rings. The van der Waals surface area contributed by atoms with Gasteiger partial charge in [0.1, 0.15) is 11.2 Å². The van der Waals surface area contributed by atoms with Crippen LogP contribution in [-0.2, 0) is 16.3 Å². The fourth-order valence-electron chi connectivity index (χ4n) is 11.6. The summed E-state index contributed by atoms with van der Waals surface area (Å²) in [5.41, 5.74) is 11.1. The number of fused-ring (bicyclic) bond motifs is 10. The summed E-state index contributed by atoms with van der Waals surface area (Å²) in [6.07, 6.45) is -1.53. The third-order valence-electron chi connectivity index (χ3n) is 14.6. The van der Waals surface area contributed by atoms with Crippen molar-refractivity contribution < 1.29 is 22.3 Å². The van der Waals surface area contributed by atoms with Crippen LogP contribution in [0, 0.1) is 19.3 Å². The SMILES string of the molecule is Cc1cc2c3c(c1)N(C(C)(C)C)c1cc4c(cc1B3C1=C(OC3(C)CCCC13C)N2c1ccc(C(C)(C)C)cc1)oc1c4c2ccccc2n1-c1c(C)cccc1C(F)(F)F. The number of benzene rings is 5. The average Bonchev–Trinajstić information content (AvgIpc) is 3.85. The van der Waals surface area contributed by atoms with Gasteiger partial charge in [0.25, 0.3) is 6.71 Å². The first-order chi connectivity index (χ1) is 28.7. The maximum Gasteiger partial charge on any atom is 0.418 e. The maximum absolute atomic E-state index is 14.9. The van der Waals surface area contributed by atoms with E-state index >= 15 is 0 Å². The Labute approximate surface area is 355 Å². The molecule has 5 nitrogen and oxygen atoms in total. The molecule has 0 amide bonds. The van der Waals surface area contributed by atoms with Crippen LogP contribution in [0.25, 0.3) is 38.7 Å². The largest absolute Gasteiger partial charge is 0.472 e. The van der Waals surface area contributed by atoms with Crippen LogP contribution >= 0.6 is 0 Å². The van der Waals surface area contributed by atoms with E-state index in [4.69, 9.17) is 9.15 Å². The van der Waals surface area contributed by atoms with Crippen molar-refractivity contribution >= 4 is 73.4 Å². The number of aromatic nitrogens is 1. The highest BCUT2D eigenvalue weighted by atomic mass is 19.4. The summed E-state index contributed by atoms with van der Waals surface area (Å²) < 4.78 is 60.6. The van der Waals surface area contributed by atoms with Crippen molar-refractivity contribution in [3.05, 3.63) is 125 Å². The molecule has 0 spiro atoms.